The molecule has 0 amide bonds. The Balaban J connectivity index is 2.06. The average molecular weight is 266 g/mol. The molecule has 1 aromatic rings. The normalized spacial score (nSPS) is 22.9. The third-order valence-corrected chi connectivity index (χ3v) is 4.87. The van der Waals surface area contributed by atoms with Crippen LogP contribution in [0, 0.1) is 0 Å². The second-order valence-electron chi connectivity index (χ2n) is 4.93. The summed E-state index contributed by atoms with van der Waals surface area (Å²) < 4.78 is 11.4. The molecule has 2 N–H and O–H groups in total. The molecule has 1 heterocycles. The predicted octanol–water partition coefficient (Wildman–Crippen LogP) is 1.58. The van der Waals surface area contributed by atoms with Gasteiger partial charge in [-0.05, 0) is 31.0 Å². The van der Waals surface area contributed by atoms with Gasteiger partial charge < -0.3 is 10.6 Å². The number of benzene rings is 1. The zero-order valence-corrected chi connectivity index (χ0v) is 11.9. The van der Waals surface area contributed by atoms with E-state index < -0.39 is 10.8 Å². The van der Waals surface area contributed by atoms with Crippen LogP contribution in [-0.2, 0) is 17.3 Å². The van der Waals surface area contributed by atoms with Crippen molar-refractivity contribution in [3.8, 4) is 0 Å². The second kappa shape index (κ2) is 6.45. The fraction of sp³-hybridized carbons (Fsp3) is 0.571. The molecule has 0 bridgehead atoms. The Morgan fingerprint density at radius 2 is 2.28 bits per heavy atom. The monoisotopic (exact) mass is 266 g/mol. The van der Waals surface area contributed by atoms with E-state index in [4.69, 9.17) is 0 Å². The molecule has 0 saturated carbocycles. The Bertz CT molecular complexity index is 422. The van der Waals surface area contributed by atoms with Crippen molar-refractivity contribution in [2.75, 3.05) is 19.3 Å². The maximum absolute atomic E-state index is 11.4. The van der Waals surface area contributed by atoms with Crippen molar-refractivity contribution in [2.24, 2.45) is 0 Å². The van der Waals surface area contributed by atoms with Gasteiger partial charge in [-0.1, -0.05) is 24.3 Å². The van der Waals surface area contributed by atoms with Crippen LogP contribution in [-0.4, -0.2) is 28.8 Å². The topological polar surface area (TPSA) is 41.1 Å². The van der Waals surface area contributed by atoms with E-state index in [0.717, 1.165) is 26.1 Å². The van der Waals surface area contributed by atoms with E-state index in [1.807, 2.05) is 6.92 Å². The molecule has 1 aliphatic heterocycles. The summed E-state index contributed by atoms with van der Waals surface area (Å²) in [6.45, 7) is 4.81. The fourth-order valence-corrected chi connectivity index (χ4v) is 2.63. The largest absolute Gasteiger partial charge is 0.313 e. The highest BCUT2D eigenvalue weighted by molar-refractivity contribution is 7.84. The zero-order valence-electron chi connectivity index (χ0n) is 11.1. The molecule has 4 heteroatoms. The van der Waals surface area contributed by atoms with Crippen molar-refractivity contribution in [3.63, 3.8) is 0 Å². The van der Waals surface area contributed by atoms with Gasteiger partial charge in [-0.2, -0.15) is 0 Å². The quantitative estimate of drug-likeness (QED) is 0.869. The van der Waals surface area contributed by atoms with Crippen molar-refractivity contribution in [1.82, 2.24) is 10.6 Å². The number of rotatable bonds is 4. The number of fused-ring (bicyclic) bond motifs is 1. The van der Waals surface area contributed by atoms with Crippen molar-refractivity contribution < 1.29 is 4.21 Å². The number of nitrogens with one attached hydrogen (secondary N) is 2. The van der Waals surface area contributed by atoms with Gasteiger partial charge in [0.15, 0.2) is 0 Å². The summed E-state index contributed by atoms with van der Waals surface area (Å²) in [5, 5.41) is 7.21. The molecule has 3 atom stereocenters. The van der Waals surface area contributed by atoms with Crippen LogP contribution in [0.5, 0.6) is 0 Å². The van der Waals surface area contributed by atoms with Crippen molar-refractivity contribution in [2.45, 2.75) is 31.2 Å². The number of hydrogen-bond acceptors (Lipinski definition) is 3. The smallest absolute Gasteiger partial charge is 0.0441 e. The molecule has 18 heavy (non-hydrogen) atoms. The summed E-state index contributed by atoms with van der Waals surface area (Å²) in [6, 6.07) is 8.95. The molecular formula is C14H22N2OS. The molecule has 0 aliphatic carbocycles. The lowest BCUT2D eigenvalue weighted by Gasteiger charge is -2.20. The zero-order chi connectivity index (χ0) is 13.0. The second-order valence-corrected chi connectivity index (χ2v) is 6.74. The van der Waals surface area contributed by atoms with E-state index in [-0.39, 0.29) is 5.25 Å². The van der Waals surface area contributed by atoms with Crippen LogP contribution in [0.4, 0.5) is 0 Å². The Morgan fingerprint density at radius 1 is 1.50 bits per heavy atom. The predicted molar refractivity (Wildman–Crippen MR) is 77.0 cm³/mol. The van der Waals surface area contributed by atoms with Gasteiger partial charge in [0.05, 0.1) is 0 Å². The lowest BCUT2D eigenvalue weighted by molar-refractivity contribution is 0.497. The number of hydrogen-bond donors (Lipinski definition) is 2. The molecule has 0 fully saturated rings. The van der Waals surface area contributed by atoms with Gasteiger partial charge in [0.25, 0.3) is 0 Å². The molecule has 3 nitrogen and oxygen atoms in total. The maximum atomic E-state index is 11.4. The third-order valence-electron chi connectivity index (χ3n) is 3.57. The van der Waals surface area contributed by atoms with Gasteiger partial charge in [0.1, 0.15) is 0 Å². The lowest BCUT2D eigenvalue weighted by atomic mass is 9.99. The van der Waals surface area contributed by atoms with Crippen LogP contribution in [0.3, 0.4) is 0 Å². The Kier molecular flexibility index (Phi) is 4.92. The average Bonchev–Trinajstić information content (AvgIpc) is 2.58. The molecule has 0 aromatic heterocycles. The molecule has 0 spiro atoms. The van der Waals surface area contributed by atoms with E-state index in [0.29, 0.717) is 6.04 Å². The molecule has 0 radical (unpaired) electrons. The first-order chi connectivity index (χ1) is 8.68. The highest BCUT2D eigenvalue weighted by atomic mass is 32.2. The van der Waals surface area contributed by atoms with Crippen molar-refractivity contribution >= 4 is 10.8 Å². The van der Waals surface area contributed by atoms with Gasteiger partial charge in [0, 0.05) is 41.4 Å². The SMILES string of the molecule is CC(CNC1CCNCc2ccccc21)S(C)=O. The van der Waals surface area contributed by atoms with E-state index in [9.17, 15) is 4.21 Å². The van der Waals surface area contributed by atoms with Gasteiger partial charge in [-0.3, -0.25) is 4.21 Å². The standard InChI is InChI=1S/C14H22N2OS/c1-11(18(2)17)9-16-14-7-8-15-10-12-5-3-4-6-13(12)14/h3-6,11,14-16H,7-10H2,1-2H3. The summed E-state index contributed by atoms with van der Waals surface area (Å²) in [5.41, 5.74) is 2.76. The maximum Gasteiger partial charge on any atom is 0.0441 e. The third kappa shape index (κ3) is 3.40. The minimum Gasteiger partial charge on any atom is -0.313 e. The summed E-state index contributed by atoms with van der Waals surface area (Å²) in [4.78, 5) is 0. The first kappa shape index (κ1) is 13.7. The van der Waals surface area contributed by atoms with E-state index in [1.165, 1.54) is 11.1 Å². The summed E-state index contributed by atoms with van der Waals surface area (Å²) >= 11 is 0. The van der Waals surface area contributed by atoms with Crippen LogP contribution in [0.25, 0.3) is 0 Å². The van der Waals surface area contributed by atoms with Crippen LogP contribution < -0.4 is 10.6 Å². The van der Waals surface area contributed by atoms with Crippen LogP contribution in [0.1, 0.15) is 30.5 Å². The lowest BCUT2D eigenvalue weighted by Crippen LogP contribution is -2.31. The molecule has 3 unspecified atom stereocenters. The first-order valence-corrected chi connectivity index (χ1v) is 8.14. The van der Waals surface area contributed by atoms with Crippen LogP contribution in [0.2, 0.25) is 0 Å². The van der Waals surface area contributed by atoms with Gasteiger partial charge in [0.2, 0.25) is 0 Å². The van der Waals surface area contributed by atoms with E-state index >= 15 is 0 Å². The molecule has 1 aliphatic rings. The molecule has 0 saturated heterocycles. The molecule has 100 valence electrons. The van der Waals surface area contributed by atoms with Gasteiger partial charge in [-0.25, -0.2) is 0 Å². The molecule has 1 aromatic carbocycles. The van der Waals surface area contributed by atoms with Crippen LogP contribution >= 0.6 is 0 Å². The van der Waals surface area contributed by atoms with Crippen LogP contribution in [0.15, 0.2) is 24.3 Å². The van der Waals surface area contributed by atoms with Gasteiger partial charge in [-0.15, -0.1) is 0 Å². The highest BCUT2D eigenvalue weighted by Gasteiger charge is 2.18. The fourth-order valence-electron chi connectivity index (χ4n) is 2.30. The molecule has 2 rings (SSSR count). The van der Waals surface area contributed by atoms with Gasteiger partial charge >= 0.3 is 0 Å². The molecular weight excluding hydrogens is 244 g/mol. The van der Waals surface area contributed by atoms with E-state index in [2.05, 4.69) is 34.9 Å². The summed E-state index contributed by atoms with van der Waals surface area (Å²) in [6.07, 6.45) is 2.86. The minimum absolute atomic E-state index is 0.202. The minimum atomic E-state index is -0.755. The van der Waals surface area contributed by atoms with E-state index in [1.54, 1.807) is 6.26 Å². The Hall–Kier alpha value is -0.710. The van der Waals surface area contributed by atoms with Crippen molar-refractivity contribution in [1.29, 1.82) is 0 Å². The highest BCUT2D eigenvalue weighted by Crippen LogP contribution is 2.23. The first-order valence-electron chi connectivity index (χ1n) is 6.52. The summed E-state index contributed by atoms with van der Waals surface area (Å²) in [5.74, 6) is 0. The Labute approximate surface area is 112 Å². The summed E-state index contributed by atoms with van der Waals surface area (Å²) in [7, 11) is -0.755. The van der Waals surface area contributed by atoms with Crippen molar-refractivity contribution in [3.05, 3.63) is 35.4 Å². The Morgan fingerprint density at radius 3 is 3.06 bits per heavy atom.